The molecule has 3 heterocycles. The molecule has 3 N–H and O–H groups in total. The third kappa shape index (κ3) is 4.27. The van der Waals surface area contributed by atoms with Crippen molar-refractivity contribution in [1.29, 1.82) is 0 Å². The van der Waals surface area contributed by atoms with Crippen molar-refractivity contribution in [3.05, 3.63) is 18.0 Å². The first-order valence-corrected chi connectivity index (χ1v) is 8.82. The standard InChI is InChI=1S/C17H24N6O3/c1-22(16(26)12-7-19-17(18)20-8-12)9-11-4-5-23(10-11)15(25)6-13-2-3-14(24)21-13/h7-8,11,13H,2-6,9-10H2,1H3,(H,21,24)(H2,18,19,20). The van der Waals surface area contributed by atoms with Crippen LogP contribution in [0, 0.1) is 5.92 Å². The molecule has 0 aliphatic carbocycles. The molecular formula is C17H24N6O3. The summed E-state index contributed by atoms with van der Waals surface area (Å²) >= 11 is 0. The fourth-order valence-electron chi connectivity index (χ4n) is 3.52. The second-order valence-corrected chi connectivity index (χ2v) is 7.02. The van der Waals surface area contributed by atoms with E-state index >= 15 is 0 Å². The maximum Gasteiger partial charge on any atom is 0.256 e. The normalized spacial score (nSPS) is 22.3. The van der Waals surface area contributed by atoms with Gasteiger partial charge in [0.1, 0.15) is 0 Å². The number of nitrogens with two attached hydrogens (primary N) is 1. The smallest absolute Gasteiger partial charge is 0.256 e. The Kier molecular flexibility index (Phi) is 5.34. The number of aromatic nitrogens is 2. The Morgan fingerprint density at radius 1 is 1.35 bits per heavy atom. The minimum atomic E-state index is -0.163. The number of carbonyl (C=O) groups excluding carboxylic acids is 3. The van der Waals surface area contributed by atoms with E-state index in [9.17, 15) is 14.4 Å². The monoisotopic (exact) mass is 360 g/mol. The second kappa shape index (κ2) is 7.67. The Labute approximate surface area is 151 Å². The molecule has 1 aromatic rings. The van der Waals surface area contributed by atoms with Crippen LogP contribution in [0.5, 0.6) is 0 Å². The zero-order valence-corrected chi connectivity index (χ0v) is 14.9. The molecule has 2 unspecified atom stereocenters. The molecule has 3 amide bonds. The number of nitrogens with zero attached hydrogens (tertiary/aromatic N) is 4. The predicted octanol–water partition coefficient (Wildman–Crippen LogP) is -0.352. The number of hydrogen-bond acceptors (Lipinski definition) is 6. The number of hydrogen-bond donors (Lipinski definition) is 2. The number of anilines is 1. The van der Waals surface area contributed by atoms with Crippen LogP contribution in [0.25, 0.3) is 0 Å². The van der Waals surface area contributed by atoms with Crippen molar-refractivity contribution in [1.82, 2.24) is 25.1 Å². The van der Waals surface area contributed by atoms with Crippen molar-refractivity contribution in [2.24, 2.45) is 5.92 Å². The molecule has 0 bridgehead atoms. The molecule has 0 aromatic carbocycles. The van der Waals surface area contributed by atoms with Crippen LogP contribution in [0.3, 0.4) is 0 Å². The summed E-state index contributed by atoms with van der Waals surface area (Å²) in [7, 11) is 1.73. The van der Waals surface area contributed by atoms with Crippen LogP contribution < -0.4 is 11.1 Å². The van der Waals surface area contributed by atoms with Gasteiger partial charge in [-0.1, -0.05) is 0 Å². The lowest BCUT2D eigenvalue weighted by atomic mass is 10.1. The van der Waals surface area contributed by atoms with Crippen molar-refractivity contribution < 1.29 is 14.4 Å². The fraction of sp³-hybridized carbons (Fsp3) is 0.588. The molecule has 2 aliphatic heterocycles. The topological polar surface area (TPSA) is 122 Å². The van der Waals surface area contributed by atoms with E-state index in [2.05, 4.69) is 15.3 Å². The molecule has 2 fully saturated rings. The number of likely N-dealkylation sites (tertiary alicyclic amines) is 1. The molecule has 9 heteroatoms. The highest BCUT2D eigenvalue weighted by molar-refractivity contribution is 5.93. The van der Waals surface area contributed by atoms with Gasteiger partial charge in [0.05, 0.1) is 5.56 Å². The van der Waals surface area contributed by atoms with Crippen LogP contribution >= 0.6 is 0 Å². The lowest BCUT2D eigenvalue weighted by Crippen LogP contribution is -2.37. The molecule has 0 saturated carbocycles. The van der Waals surface area contributed by atoms with Crippen molar-refractivity contribution in [2.75, 3.05) is 32.4 Å². The summed E-state index contributed by atoms with van der Waals surface area (Å²) in [5.41, 5.74) is 5.83. The largest absolute Gasteiger partial charge is 0.368 e. The number of amides is 3. The highest BCUT2D eigenvalue weighted by Gasteiger charge is 2.31. The van der Waals surface area contributed by atoms with E-state index in [0.717, 1.165) is 12.8 Å². The highest BCUT2D eigenvalue weighted by atomic mass is 16.2. The molecule has 3 rings (SSSR count). The van der Waals surface area contributed by atoms with Crippen molar-refractivity contribution >= 4 is 23.7 Å². The average molecular weight is 360 g/mol. The van der Waals surface area contributed by atoms with Gasteiger partial charge in [-0.25, -0.2) is 9.97 Å². The molecule has 2 aliphatic rings. The molecule has 140 valence electrons. The maximum atomic E-state index is 12.4. The van der Waals surface area contributed by atoms with Crippen LogP contribution in [-0.4, -0.2) is 70.2 Å². The number of rotatable bonds is 5. The minimum absolute atomic E-state index is 0.0221. The van der Waals surface area contributed by atoms with Crippen LogP contribution in [0.2, 0.25) is 0 Å². The van der Waals surface area contributed by atoms with Gasteiger partial charge >= 0.3 is 0 Å². The molecule has 1 aromatic heterocycles. The van der Waals surface area contributed by atoms with E-state index in [1.807, 2.05) is 4.90 Å². The molecular weight excluding hydrogens is 336 g/mol. The molecule has 2 atom stereocenters. The van der Waals surface area contributed by atoms with E-state index in [1.54, 1.807) is 11.9 Å². The van der Waals surface area contributed by atoms with Gasteiger partial charge in [0.25, 0.3) is 5.91 Å². The van der Waals surface area contributed by atoms with E-state index in [0.29, 0.717) is 38.0 Å². The summed E-state index contributed by atoms with van der Waals surface area (Å²) in [6.07, 6.45) is 5.28. The van der Waals surface area contributed by atoms with Crippen molar-refractivity contribution in [3.8, 4) is 0 Å². The molecule has 26 heavy (non-hydrogen) atoms. The summed E-state index contributed by atoms with van der Waals surface area (Å²) in [5, 5.41) is 2.83. The summed E-state index contributed by atoms with van der Waals surface area (Å²) < 4.78 is 0. The third-order valence-corrected chi connectivity index (χ3v) is 4.94. The summed E-state index contributed by atoms with van der Waals surface area (Å²) in [6, 6.07) is -0.0381. The van der Waals surface area contributed by atoms with Crippen molar-refractivity contribution in [3.63, 3.8) is 0 Å². The minimum Gasteiger partial charge on any atom is -0.368 e. The SMILES string of the molecule is CN(CC1CCN(C(=O)CC2CCC(=O)N2)C1)C(=O)c1cnc(N)nc1. The van der Waals surface area contributed by atoms with Crippen LogP contribution in [0.4, 0.5) is 5.95 Å². The van der Waals surface area contributed by atoms with Crippen molar-refractivity contribution in [2.45, 2.75) is 31.7 Å². The Morgan fingerprint density at radius 2 is 2.08 bits per heavy atom. The van der Waals surface area contributed by atoms with E-state index < -0.39 is 0 Å². The van der Waals surface area contributed by atoms with Crippen LogP contribution in [0.1, 0.15) is 36.0 Å². The van der Waals surface area contributed by atoms with Gasteiger partial charge < -0.3 is 20.9 Å². The molecule has 0 radical (unpaired) electrons. The van der Waals surface area contributed by atoms with Gasteiger partial charge in [-0.05, 0) is 18.8 Å². The van der Waals surface area contributed by atoms with Gasteiger partial charge in [0, 0.05) is 58.0 Å². The summed E-state index contributed by atoms with van der Waals surface area (Å²) in [6.45, 7) is 1.89. The second-order valence-electron chi connectivity index (χ2n) is 7.02. The average Bonchev–Trinajstić information content (AvgIpc) is 3.24. The van der Waals surface area contributed by atoms with E-state index in [-0.39, 0.29) is 35.6 Å². The quantitative estimate of drug-likeness (QED) is 0.740. The maximum absolute atomic E-state index is 12.4. The van der Waals surface area contributed by atoms with Gasteiger partial charge in [-0.15, -0.1) is 0 Å². The lowest BCUT2D eigenvalue weighted by Gasteiger charge is -2.22. The van der Waals surface area contributed by atoms with Gasteiger partial charge in [0.2, 0.25) is 17.8 Å². The lowest BCUT2D eigenvalue weighted by molar-refractivity contribution is -0.130. The predicted molar refractivity (Wildman–Crippen MR) is 93.9 cm³/mol. The third-order valence-electron chi connectivity index (χ3n) is 4.94. The molecule has 9 nitrogen and oxygen atoms in total. The number of carbonyl (C=O) groups is 3. The van der Waals surface area contributed by atoms with Gasteiger partial charge in [-0.2, -0.15) is 0 Å². The van der Waals surface area contributed by atoms with E-state index in [4.69, 9.17) is 5.73 Å². The van der Waals surface area contributed by atoms with Gasteiger partial charge in [-0.3, -0.25) is 14.4 Å². The van der Waals surface area contributed by atoms with Gasteiger partial charge in [0.15, 0.2) is 0 Å². The first kappa shape index (κ1) is 18.1. The molecule has 2 saturated heterocycles. The Hall–Kier alpha value is -2.71. The number of nitrogen functional groups attached to an aromatic ring is 1. The number of nitrogens with one attached hydrogen (secondary N) is 1. The Morgan fingerprint density at radius 3 is 2.73 bits per heavy atom. The first-order chi connectivity index (χ1) is 12.4. The Balaban J connectivity index is 1.47. The van der Waals surface area contributed by atoms with Crippen LogP contribution in [0.15, 0.2) is 12.4 Å². The van der Waals surface area contributed by atoms with Crippen LogP contribution in [-0.2, 0) is 9.59 Å². The molecule has 0 spiro atoms. The zero-order chi connectivity index (χ0) is 18.7. The summed E-state index contributed by atoms with van der Waals surface area (Å²) in [4.78, 5) is 47.2. The van der Waals surface area contributed by atoms with E-state index in [1.165, 1.54) is 12.4 Å². The highest BCUT2D eigenvalue weighted by Crippen LogP contribution is 2.20. The Bertz CT molecular complexity index is 692. The zero-order valence-electron chi connectivity index (χ0n) is 14.9. The first-order valence-electron chi connectivity index (χ1n) is 8.82. The summed E-state index contributed by atoms with van der Waals surface area (Å²) in [5.74, 6) is 0.298. The fourth-order valence-corrected chi connectivity index (χ4v) is 3.52.